The van der Waals surface area contributed by atoms with Gasteiger partial charge >= 0.3 is 0 Å². The Kier molecular flexibility index (Phi) is 5.18. The summed E-state index contributed by atoms with van der Waals surface area (Å²) in [6.07, 6.45) is 0.0589. The van der Waals surface area contributed by atoms with E-state index in [1.165, 1.54) is 0 Å². The predicted octanol–water partition coefficient (Wildman–Crippen LogP) is 3.91. The van der Waals surface area contributed by atoms with E-state index in [4.69, 9.17) is 27.9 Å². The van der Waals surface area contributed by atoms with Crippen LogP contribution in [0.1, 0.15) is 22.0 Å². The molecule has 0 unspecified atom stereocenters. The number of hydrogen-bond donors (Lipinski definition) is 2. The third-order valence-corrected chi connectivity index (χ3v) is 4.39. The van der Waals surface area contributed by atoms with Gasteiger partial charge in [0.2, 0.25) is 0 Å². The lowest BCUT2D eigenvalue weighted by Gasteiger charge is -2.24. The molecule has 1 fully saturated rings. The van der Waals surface area contributed by atoms with Gasteiger partial charge in [-0.1, -0.05) is 35.3 Å². The second-order valence-corrected chi connectivity index (χ2v) is 6.08. The first kappa shape index (κ1) is 16.3. The molecule has 0 bridgehead atoms. The molecule has 1 amide bonds. The summed E-state index contributed by atoms with van der Waals surface area (Å²) in [6, 6.07) is 12.4. The molecule has 2 aromatic carbocycles. The average Bonchev–Trinajstić information content (AvgIpc) is 2.59. The molecule has 1 aliphatic heterocycles. The second kappa shape index (κ2) is 7.32. The van der Waals surface area contributed by atoms with Crippen molar-refractivity contribution in [2.24, 2.45) is 0 Å². The summed E-state index contributed by atoms with van der Waals surface area (Å²) in [6.45, 7) is 2.39. The lowest BCUT2D eigenvalue weighted by Crippen LogP contribution is -2.33. The van der Waals surface area contributed by atoms with Gasteiger partial charge in [0.1, 0.15) is 0 Å². The van der Waals surface area contributed by atoms with Crippen LogP contribution in [0.5, 0.6) is 0 Å². The van der Waals surface area contributed by atoms with Crippen LogP contribution in [0, 0.1) is 0 Å². The van der Waals surface area contributed by atoms with Crippen LogP contribution in [0.3, 0.4) is 0 Å². The first-order valence-electron chi connectivity index (χ1n) is 7.32. The Balaban J connectivity index is 1.67. The van der Waals surface area contributed by atoms with Gasteiger partial charge in [0.25, 0.3) is 5.91 Å². The molecule has 0 aromatic heterocycles. The smallest absolute Gasteiger partial charge is 0.255 e. The number of nitrogens with one attached hydrogen (secondary N) is 2. The molecule has 0 radical (unpaired) electrons. The molecule has 1 atom stereocenters. The quantitative estimate of drug-likeness (QED) is 0.882. The highest BCUT2D eigenvalue weighted by Crippen LogP contribution is 2.24. The minimum absolute atomic E-state index is 0.0589. The highest BCUT2D eigenvalue weighted by molar-refractivity contribution is 6.42. The fraction of sp³-hybridized carbons (Fsp3) is 0.235. The highest BCUT2D eigenvalue weighted by Gasteiger charge is 2.15. The van der Waals surface area contributed by atoms with Crippen molar-refractivity contribution in [1.82, 2.24) is 5.32 Å². The number of ether oxygens (including phenoxy) is 1. The molecule has 4 nitrogen and oxygen atoms in total. The maximum atomic E-state index is 12.2. The van der Waals surface area contributed by atoms with Crippen LogP contribution in [0.4, 0.5) is 5.69 Å². The first-order valence-corrected chi connectivity index (χ1v) is 8.08. The van der Waals surface area contributed by atoms with Gasteiger partial charge < -0.3 is 15.4 Å². The SMILES string of the molecule is O=C(Nc1ccc([C@H]2CNCCO2)cc1)c1ccc(Cl)c(Cl)c1. The van der Waals surface area contributed by atoms with Crippen molar-refractivity contribution in [2.45, 2.75) is 6.10 Å². The lowest BCUT2D eigenvalue weighted by molar-refractivity contribution is 0.0277. The highest BCUT2D eigenvalue weighted by atomic mass is 35.5. The molecule has 3 rings (SSSR count). The van der Waals surface area contributed by atoms with Crippen molar-refractivity contribution in [3.05, 3.63) is 63.6 Å². The number of carbonyl (C=O) groups excluding carboxylic acids is 1. The number of benzene rings is 2. The molecule has 6 heteroatoms. The molecule has 1 aliphatic rings. The standard InChI is InChI=1S/C17H16Cl2N2O2/c18-14-6-3-12(9-15(14)19)17(22)21-13-4-1-11(2-5-13)16-10-20-7-8-23-16/h1-6,9,16,20H,7-8,10H2,(H,21,22)/t16-/m1/s1. The van der Waals surface area contributed by atoms with Gasteiger partial charge in [-0.25, -0.2) is 0 Å². The molecule has 0 spiro atoms. The van der Waals surface area contributed by atoms with Crippen molar-refractivity contribution in [3.8, 4) is 0 Å². The Morgan fingerprint density at radius 1 is 1.13 bits per heavy atom. The zero-order valence-corrected chi connectivity index (χ0v) is 13.8. The van der Waals surface area contributed by atoms with Crippen molar-refractivity contribution < 1.29 is 9.53 Å². The molecular formula is C17H16Cl2N2O2. The van der Waals surface area contributed by atoms with Gasteiger partial charge in [-0.05, 0) is 35.9 Å². The van der Waals surface area contributed by atoms with E-state index in [0.29, 0.717) is 27.9 Å². The average molecular weight is 351 g/mol. The number of amides is 1. The molecule has 0 saturated carbocycles. The van der Waals surface area contributed by atoms with Crippen LogP contribution in [0.2, 0.25) is 10.0 Å². The van der Waals surface area contributed by atoms with Crippen LogP contribution in [0.15, 0.2) is 42.5 Å². The van der Waals surface area contributed by atoms with Gasteiger partial charge in [-0.2, -0.15) is 0 Å². The second-order valence-electron chi connectivity index (χ2n) is 5.27. The Morgan fingerprint density at radius 2 is 1.91 bits per heavy atom. The molecule has 120 valence electrons. The molecule has 2 aromatic rings. The Morgan fingerprint density at radius 3 is 2.57 bits per heavy atom. The van der Waals surface area contributed by atoms with Crippen molar-refractivity contribution in [2.75, 3.05) is 25.0 Å². The fourth-order valence-corrected chi connectivity index (χ4v) is 2.70. The van der Waals surface area contributed by atoms with E-state index in [2.05, 4.69) is 10.6 Å². The zero-order chi connectivity index (χ0) is 16.2. The number of hydrogen-bond acceptors (Lipinski definition) is 3. The number of anilines is 1. The monoisotopic (exact) mass is 350 g/mol. The van der Waals surface area contributed by atoms with E-state index in [1.54, 1.807) is 18.2 Å². The summed E-state index contributed by atoms with van der Waals surface area (Å²) in [4.78, 5) is 12.2. The summed E-state index contributed by atoms with van der Waals surface area (Å²) in [5.74, 6) is -0.230. The fourth-order valence-electron chi connectivity index (χ4n) is 2.40. The summed E-state index contributed by atoms with van der Waals surface area (Å²) in [5.41, 5.74) is 2.27. The van der Waals surface area contributed by atoms with Gasteiger partial charge in [-0.15, -0.1) is 0 Å². The molecule has 2 N–H and O–H groups in total. The van der Waals surface area contributed by atoms with E-state index in [9.17, 15) is 4.79 Å². The minimum Gasteiger partial charge on any atom is -0.371 e. The Hall–Kier alpha value is -1.59. The van der Waals surface area contributed by atoms with E-state index < -0.39 is 0 Å². The van der Waals surface area contributed by atoms with E-state index in [1.807, 2.05) is 24.3 Å². The summed E-state index contributed by atoms with van der Waals surface area (Å²) >= 11 is 11.8. The van der Waals surface area contributed by atoms with Gasteiger partial charge in [0, 0.05) is 24.3 Å². The third kappa shape index (κ3) is 4.03. The molecule has 1 saturated heterocycles. The van der Waals surface area contributed by atoms with E-state index in [-0.39, 0.29) is 12.0 Å². The number of halogens is 2. The number of rotatable bonds is 3. The topological polar surface area (TPSA) is 50.4 Å². The summed E-state index contributed by atoms with van der Waals surface area (Å²) < 4.78 is 5.70. The maximum Gasteiger partial charge on any atom is 0.255 e. The van der Waals surface area contributed by atoms with E-state index in [0.717, 1.165) is 18.7 Å². The molecule has 23 heavy (non-hydrogen) atoms. The van der Waals surface area contributed by atoms with Crippen LogP contribution in [0.25, 0.3) is 0 Å². The van der Waals surface area contributed by atoms with Crippen LogP contribution < -0.4 is 10.6 Å². The van der Waals surface area contributed by atoms with Crippen molar-refractivity contribution in [1.29, 1.82) is 0 Å². The van der Waals surface area contributed by atoms with Gasteiger partial charge in [0.05, 0.1) is 22.8 Å². The zero-order valence-electron chi connectivity index (χ0n) is 12.3. The first-order chi connectivity index (χ1) is 11.1. The largest absolute Gasteiger partial charge is 0.371 e. The Bertz CT molecular complexity index is 698. The Labute approximate surface area is 144 Å². The molecule has 1 heterocycles. The molecular weight excluding hydrogens is 335 g/mol. The predicted molar refractivity (Wildman–Crippen MR) is 92.4 cm³/mol. The van der Waals surface area contributed by atoms with Crippen LogP contribution in [-0.2, 0) is 4.74 Å². The van der Waals surface area contributed by atoms with Crippen LogP contribution in [-0.4, -0.2) is 25.6 Å². The number of carbonyl (C=O) groups is 1. The van der Waals surface area contributed by atoms with Crippen LogP contribution >= 0.6 is 23.2 Å². The normalized spacial score (nSPS) is 17.7. The van der Waals surface area contributed by atoms with E-state index >= 15 is 0 Å². The number of morpholine rings is 1. The van der Waals surface area contributed by atoms with Gasteiger partial charge in [0.15, 0.2) is 0 Å². The summed E-state index contributed by atoms with van der Waals surface area (Å²) in [5, 5.41) is 6.91. The lowest BCUT2D eigenvalue weighted by atomic mass is 10.1. The summed E-state index contributed by atoms with van der Waals surface area (Å²) in [7, 11) is 0. The molecule has 0 aliphatic carbocycles. The maximum absolute atomic E-state index is 12.2. The third-order valence-electron chi connectivity index (χ3n) is 3.65. The minimum atomic E-state index is -0.230. The van der Waals surface area contributed by atoms with Crippen molar-refractivity contribution >= 4 is 34.8 Å². The van der Waals surface area contributed by atoms with Gasteiger partial charge in [-0.3, -0.25) is 4.79 Å². The van der Waals surface area contributed by atoms with Crippen molar-refractivity contribution in [3.63, 3.8) is 0 Å².